The second-order valence-electron chi connectivity index (χ2n) is 7.72. The SMILES string of the molecule is O=C(Nc1cccc(CC2CCc3ccc(O)cc3C2O)c1)OCc1ccccc1. The Morgan fingerprint density at radius 3 is 2.63 bits per heavy atom. The van der Waals surface area contributed by atoms with E-state index in [-0.39, 0.29) is 18.3 Å². The van der Waals surface area contributed by atoms with Crippen molar-refractivity contribution >= 4 is 11.8 Å². The van der Waals surface area contributed by atoms with Crippen LogP contribution in [-0.2, 0) is 24.2 Å². The van der Waals surface area contributed by atoms with Gasteiger partial charge in [-0.05, 0) is 71.7 Å². The zero-order valence-corrected chi connectivity index (χ0v) is 16.6. The first kappa shape index (κ1) is 20.0. The van der Waals surface area contributed by atoms with E-state index in [0.717, 1.165) is 35.1 Å². The van der Waals surface area contributed by atoms with Gasteiger partial charge in [-0.2, -0.15) is 0 Å². The number of phenols is 1. The van der Waals surface area contributed by atoms with E-state index in [9.17, 15) is 15.0 Å². The molecular weight excluding hydrogens is 378 g/mol. The molecule has 2 atom stereocenters. The van der Waals surface area contributed by atoms with Gasteiger partial charge in [0.2, 0.25) is 0 Å². The molecule has 0 bridgehead atoms. The lowest BCUT2D eigenvalue weighted by Crippen LogP contribution is -2.22. The van der Waals surface area contributed by atoms with Crippen molar-refractivity contribution < 1.29 is 19.7 Å². The predicted octanol–water partition coefficient (Wildman–Crippen LogP) is 4.98. The average Bonchev–Trinajstić information content (AvgIpc) is 2.76. The molecule has 4 rings (SSSR count). The van der Waals surface area contributed by atoms with Crippen molar-refractivity contribution in [1.29, 1.82) is 0 Å². The summed E-state index contributed by atoms with van der Waals surface area (Å²) in [5.74, 6) is 0.230. The lowest BCUT2D eigenvalue weighted by molar-refractivity contribution is 0.0934. The molecule has 0 fully saturated rings. The van der Waals surface area contributed by atoms with Crippen molar-refractivity contribution in [2.24, 2.45) is 5.92 Å². The zero-order valence-electron chi connectivity index (χ0n) is 16.6. The maximum Gasteiger partial charge on any atom is 0.411 e. The minimum atomic E-state index is -0.617. The molecule has 1 aliphatic rings. The number of aromatic hydroxyl groups is 1. The highest BCUT2D eigenvalue weighted by molar-refractivity contribution is 5.84. The Morgan fingerprint density at radius 2 is 1.80 bits per heavy atom. The molecule has 3 aromatic rings. The highest BCUT2D eigenvalue weighted by Gasteiger charge is 2.28. The third kappa shape index (κ3) is 4.81. The number of fused-ring (bicyclic) bond motifs is 1. The predicted molar refractivity (Wildman–Crippen MR) is 115 cm³/mol. The number of carbonyl (C=O) groups is 1. The lowest BCUT2D eigenvalue weighted by Gasteiger charge is -2.30. The molecule has 2 unspecified atom stereocenters. The number of anilines is 1. The Bertz CT molecular complexity index is 1020. The van der Waals surface area contributed by atoms with Crippen LogP contribution in [0.25, 0.3) is 0 Å². The number of nitrogens with one attached hydrogen (secondary N) is 1. The molecule has 30 heavy (non-hydrogen) atoms. The molecule has 0 aliphatic heterocycles. The first-order valence-electron chi connectivity index (χ1n) is 10.1. The van der Waals surface area contributed by atoms with Gasteiger partial charge in [-0.1, -0.05) is 48.5 Å². The van der Waals surface area contributed by atoms with Gasteiger partial charge >= 0.3 is 6.09 Å². The number of hydrogen-bond acceptors (Lipinski definition) is 4. The van der Waals surface area contributed by atoms with Crippen LogP contribution >= 0.6 is 0 Å². The molecule has 1 aliphatic carbocycles. The van der Waals surface area contributed by atoms with Crippen LogP contribution in [0.3, 0.4) is 0 Å². The first-order chi connectivity index (χ1) is 14.6. The number of ether oxygens (including phenoxy) is 1. The monoisotopic (exact) mass is 403 g/mol. The average molecular weight is 403 g/mol. The van der Waals surface area contributed by atoms with Gasteiger partial charge < -0.3 is 14.9 Å². The summed E-state index contributed by atoms with van der Waals surface area (Å²) in [7, 11) is 0. The molecule has 154 valence electrons. The smallest absolute Gasteiger partial charge is 0.411 e. The molecule has 3 N–H and O–H groups in total. The van der Waals surface area contributed by atoms with E-state index in [1.807, 2.05) is 60.7 Å². The molecule has 0 spiro atoms. The van der Waals surface area contributed by atoms with E-state index in [1.165, 1.54) is 0 Å². The number of benzene rings is 3. The number of hydrogen-bond donors (Lipinski definition) is 3. The van der Waals surface area contributed by atoms with E-state index < -0.39 is 12.2 Å². The van der Waals surface area contributed by atoms with Crippen LogP contribution < -0.4 is 5.32 Å². The summed E-state index contributed by atoms with van der Waals surface area (Å²) >= 11 is 0. The van der Waals surface area contributed by atoms with Gasteiger partial charge in [-0.25, -0.2) is 4.79 Å². The lowest BCUT2D eigenvalue weighted by atomic mass is 9.78. The third-order valence-corrected chi connectivity index (χ3v) is 5.56. The summed E-state index contributed by atoms with van der Waals surface area (Å²) in [6.45, 7) is 0.215. The van der Waals surface area contributed by atoms with E-state index in [1.54, 1.807) is 12.1 Å². The number of carbonyl (C=O) groups excluding carboxylic acids is 1. The highest BCUT2D eigenvalue weighted by atomic mass is 16.5. The number of rotatable bonds is 5. The van der Waals surface area contributed by atoms with Crippen LogP contribution in [0, 0.1) is 5.92 Å². The number of phenolic OH excluding ortho intramolecular Hbond substituents is 1. The normalized spacial score (nSPS) is 17.8. The molecule has 1 amide bonds. The Balaban J connectivity index is 1.37. The molecule has 0 saturated carbocycles. The van der Waals surface area contributed by atoms with Gasteiger partial charge in [0, 0.05) is 5.69 Å². The molecule has 0 radical (unpaired) electrons. The topological polar surface area (TPSA) is 78.8 Å². The van der Waals surface area contributed by atoms with Gasteiger partial charge in [0.15, 0.2) is 0 Å². The molecule has 5 nitrogen and oxygen atoms in total. The van der Waals surface area contributed by atoms with Crippen LogP contribution in [0.5, 0.6) is 5.75 Å². The highest BCUT2D eigenvalue weighted by Crippen LogP contribution is 2.38. The summed E-state index contributed by atoms with van der Waals surface area (Å²) in [6, 6.07) is 22.3. The number of aliphatic hydroxyl groups excluding tert-OH is 1. The van der Waals surface area contributed by atoms with Crippen molar-refractivity contribution in [3.8, 4) is 5.75 Å². The quantitative estimate of drug-likeness (QED) is 0.561. The first-order valence-corrected chi connectivity index (χ1v) is 10.1. The van der Waals surface area contributed by atoms with Crippen molar-refractivity contribution in [1.82, 2.24) is 0 Å². The molecule has 0 saturated heterocycles. The van der Waals surface area contributed by atoms with Crippen LogP contribution in [0.15, 0.2) is 72.8 Å². The Labute approximate surface area is 176 Å². The maximum atomic E-state index is 12.1. The Kier molecular flexibility index (Phi) is 6.00. The van der Waals surface area contributed by atoms with Crippen LogP contribution in [0.4, 0.5) is 10.5 Å². The molecule has 5 heteroatoms. The Hall–Kier alpha value is -3.31. The summed E-state index contributed by atoms with van der Waals surface area (Å²) in [4.78, 5) is 12.1. The summed E-state index contributed by atoms with van der Waals surface area (Å²) in [5, 5.41) is 23.3. The van der Waals surface area contributed by atoms with Crippen molar-refractivity contribution in [2.45, 2.75) is 32.0 Å². The van der Waals surface area contributed by atoms with Gasteiger partial charge in [-0.3, -0.25) is 5.32 Å². The van der Waals surface area contributed by atoms with Gasteiger partial charge in [-0.15, -0.1) is 0 Å². The number of amides is 1. The summed E-state index contributed by atoms with van der Waals surface area (Å²) < 4.78 is 5.28. The fraction of sp³-hybridized carbons (Fsp3) is 0.240. The number of aryl methyl sites for hydroxylation is 1. The van der Waals surface area contributed by atoms with Crippen LogP contribution in [0.2, 0.25) is 0 Å². The minimum absolute atomic E-state index is 0.0552. The fourth-order valence-electron chi connectivity index (χ4n) is 4.01. The largest absolute Gasteiger partial charge is 0.508 e. The van der Waals surface area contributed by atoms with Crippen molar-refractivity contribution in [2.75, 3.05) is 5.32 Å². The summed E-state index contributed by atoms with van der Waals surface area (Å²) in [5.41, 5.74) is 4.52. The van der Waals surface area contributed by atoms with E-state index in [0.29, 0.717) is 12.1 Å². The van der Waals surface area contributed by atoms with Crippen molar-refractivity contribution in [3.05, 3.63) is 95.1 Å². The van der Waals surface area contributed by atoms with E-state index in [2.05, 4.69) is 5.32 Å². The maximum absolute atomic E-state index is 12.1. The zero-order chi connectivity index (χ0) is 20.9. The molecule has 0 heterocycles. The fourth-order valence-corrected chi connectivity index (χ4v) is 4.01. The van der Waals surface area contributed by atoms with Crippen LogP contribution in [-0.4, -0.2) is 16.3 Å². The van der Waals surface area contributed by atoms with Gasteiger partial charge in [0.1, 0.15) is 12.4 Å². The second kappa shape index (κ2) is 9.01. The molecular formula is C25H25NO4. The van der Waals surface area contributed by atoms with E-state index >= 15 is 0 Å². The Morgan fingerprint density at radius 1 is 1.00 bits per heavy atom. The van der Waals surface area contributed by atoms with Crippen molar-refractivity contribution in [3.63, 3.8) is 0 Å². The second-order valence-corrected chi connectivity index (χ2v) is 7.72. The summed E-state index contributed by atoms with van der Waals surface area (Å²) in [6.07, 6.45) is 1.31. The standard InChI is InChI=1S/C25H25NO4/c27-22-12-11-19-9-10-20(24(28)23(19)15-22)13-18-7-4-8-21(14-18)26-25(29)30-16-17-5-2-1-3-6-17/h1-8,11-12,14-15,20,24,27-28H,9-10,13,16H2,(H,26,29). The molecule has 0 aromatic heterocycles. The van der Waals surface area contributed by atoms with E-state index in [4.69, 9.17) is 4.74 Å². The minimum Gasteiger partial charge on any atom is -0.508 e. The number of aliphatic hydroxyl groups is 1. The van der Waals surface area contributed by atoms with Gasteiger partial charge in [0.05, 0.1) is 6.10 Å². The molecule has 3 aromatic carbocycles. The van der Waals surface area contributed by atoms with Gasteiger partial charge in [0.25, 0.3) is 0 Å². The third-order valence-electron chi connectivity index (χ3n) is 5.56. The van der Waals surface area contributed by atoms with Crippen LogP contribution in [0.1, 0.15) is 34.8 Å².